The predicted octanol–water partition coefficient (Wildman–Crippen LogP) is 3.43. The quantitative estimate of drug-likeness (QED) is 0.650. The molecule has 0 aliphatic carbocycles. The molecule has 0 radical (unpaired) electrons. The van der Waals surface area contributed by atoms with Gasteiger partial charge < -0.3 is 14.2 Å². The normalized spacial score (nSPS) is 16.9. The minimum absolute atomic E-state index is 0.0750. The van der Waals surface area contributed by atoms with E-state index in [1.165, 1.54) is 23.7 Å². The molecule has 1 amide bonds. The summed E-state index contributed by atoms with van der Waals surface area (Å²) < 4.78 is 28.1. The third-order valence-corrected chi connectivity index (χ3v) is 5.44. The van der Waals surface area contributed by atoms with E-state index in [0.717, 1.165) is 29.1 Å². The van der Waals surface area contributed by atoms with E-state index in [2.05, 4.69) is 14.7 Å². The van der Waals surface area contributed by atoms with Crippen LogP contribution < -0.4 is 4.74 Å². The Kier molecular flexibility index (Phi) is 5.34. The van der Waals surface area contributed by atoms with E-state index >= 15 is 0 Å². The van der Waals surface area contributed by atoms with Gasteiger partial charge in [-0.1, -0.05) is 15.7 Å². The van der Waals surface area contributed by atoms with Gasteiger partial charge in [-0.2, -0.15) is 0 Å². The Labute approximate surface area is 165 Å². The zero-order chi connectivity index (χ0) is 19.5. The van der Waals surface area contributed by atoms with Crippen molar-refractivity contribution in [3.63, 3.8) is 0 Å². The van der Waals surface area contributed by atoms with Gasteiger partial charge >= 0.3 is 0 Å². The Morgan fingerprint density at radius 1 is 1.43 bits per heavy atom. The van der Waals surface area contributed by atoms with E-state index in [9.17, 15) is 9.18 Å². The molecular weight excluding hydrogens is 383 g/mol. The lowest BCUT2D eigenvalue weighted by atomic mass is 9.93. The van der Waals surface area contributed by atoms with Gasteiger partial charge in [-0.3, -0.25) is 4.79 Å². The Bertz CT molecular complexity index is 974. The van der Waals surface area contributed by atoms with Crippen molar-refractivity contribution in [3.8, 4) is 16.4 Å². The molecule has 3 aromatic rings. The zero-order valence-electron chi connectivity index (χ0n) is 15.3. The number of nitrogens with zero attached hydrogens (tertiary/aromatic N) is 4. The summed E-state index contributed by atoms with van der Waals surface area (Å²) >= 11 is 1.27. The van der Waals surface area contributed by atoms with Crippen molar-refractivity contribution in [3.05, 3.63) is 47.5 Å². The number of carbonyl (C=O) groups excluding carboxylic acids is 1. The SMILES string of the molecule is Cc1cc(-c2snnc2C2CCCN(C(=O)COc3cccc(F)c3)C2)on1. The Morgan fingerprint density at radius 2 is 2.32 bits per heavy atom. The maximum atomic E-state index is 13.2. The second kappa shape index (κ2) is 8.05. The highest BCUT2D eigenvalue weighted by molar-refractivity contribution is 7.09. The molecule has 0 saturated carbocycles. The smallest absolute Gasteiger partial charge is 0.260 e. The van der Waals surface area contributed by atoms with Crippen molar-refractivity contribution in [2.75, 3.05) is 19.7 Å². The fourth-order valence-corrected chi connectivity index (χ4v) is 4.02. The molecule has 146 valence electrons. The van der Waals surface area contributed by atoms with Gasteiger partial charge in [-0.25, -0.2) is 4.39 Å². The number of likely N-dealkylation sites (tertiary alicyclic amines) is 1. The first-order chi connectivity index (χ1) is 13.6. The maximum Gasteiger partial charge on any atom is 0.260 e. The summed E-state index contributed by atoms with van der Waals surface area (Å²) in [5.74, 6) is 0.545. The number of benzene rings is 1. The van der Waals surface area contributed by atoms with Crippen LogP contribution in [0, 0.1) is 12.7 Å². The van der Waals surface area contributed by atoms with Crippen molar-refractivity contribution in [2.24, 2.45) is 0 Å². The largest absolute Gasteiger partial charge is 0.484 e. The monoisotopic (exact) mass is 402 g/mol. The first kappa shape index (κ1) is 18.5. The number of ether oxygens (including phenoxy) is 1. The second-order valence-electron chi connectivity index (χ2n) is 6.74. The van der Waals surface area contributed by atoms with Crippen molar-refractivity contribution in [2.45, 2.75) is 25.7 Å². The number of halogens is 1. The van der Waals surface area contributed by atoms with Crippen molar-refractivity contribution in [1.29, 1.82) is 0 Å². The summed E-state index contributed by atoms with van der Waals surface area (Å²) in [6.45, 7) is 2.94. The Hall–Kier alpha value is -2.81. The van der Waals surface area contributed by atoms with Crippen LogP contribution in [0.5, 0.6) is 5.75 Å². The minimum Gasteiger partial charge on any atom is -0.484 e. The van der Waals surface area contributed by atoms with Crippen LogP contribution in [0.4, 0.5) is 4.39 Å². The zero-order valence-corrected chi connectivity index (χ0v) is 16.1. The van der Waals surface area contributed by atoms with Crippen molar-refractivity contribution >= 4 is 17.4 Å². The lowest BCUT2D eigenvalue weighted by Gasteiger charge is -2.32. The number of amides is 1. The van der Waals surface area contributed by atoms with E-state index in [-0.39, 0.29) is 18.4 Å². The molecule has 9 heteroatoms. The van der Waals surface area contributed by atoms with Crippen LogP contribution in [0.3, 0.4) is 0 Å². The maximum absolute atomic E-state index is 13.2. The molecule has 4 rings (SSSR count). The third-order valence-electron chi connectivity index (χ3n) is 4.68. The number of hydrogen-bond acceptors (Lipinski definition) is 7. The number of aromatic nitrogens is 3. The van der Waals surface area contributed by atoms with Crippen molar-refractivity contribution < 1.29 is 18.4 Å². The van der Waals surface area contributed by atoms with Gasteiger partial charge in [0.1, 0.15) is 16.4 Å². The van der Waals surface area contributed by atoms with Gasteiger partial charge in [0.2, 0.25) is 0 Å². The van der Waals surface area contributed by atoms with E-state index in [1.54, 1.807) is 17.0 Å². The van der Waals surface area contributed by atoms with Gasteiger partial charge in [0.15, 0.2) is 12.4 Å². The van der Waals surface area contributed by atoms with Crippen molar-refractivity contribution in [1.82, 2.24) is 19.6 Å². The fourth-order valence-electron chi connectivity index (χ4n) is 3.33. The average Bonchev–Trinajstić information content (AvgIpc) is 3.35. The molecule has 0 N–H and O–H groups in total. The lowest BCUT2D eigenvalue weighted by Crippen LogP contribution is -2.41. The van der Waals surface area contributed by atoms with E-state index in [1.807, 2.05) is 13.0 Å². The molecule has 1 unspecified atom stereocenters. The standard InChI is InChI=1S/C19H19FN4O3S/c1-12-8-16(27-22-12)19-18(21-23-28-19)13-4-3-7-24(10-13)17(25)11-26-15-6-2-5-14(20)9-15/h2,5-6,8-9,13H,3-4,7,10-11H2,1H3. The molecule has 1 aromatic carbocycles. The number of hydrogen-bond donors (Lipinski definition) is 0. The number of aryl methyl sites for hydroxylation is 1. The minimum atomic E-state index is -0.394. The molecule has 0 bridgehead atoms. The average molecular weight is 402 g/mol. The van der Waals surface area contributed by atoms with Crippen LogP contribution >= 0.6 is 11.5 Å². The summed E-state index contributed by atoms with van der Waals surface area (Å²) in [5.41, 5.74) is 1.63. The summed E-state index contributed by atoms with van der Waals surface area (Å²) in [4.78, 5) is 15.2. The van der Waals surface area contributed by atoms with E-state index < -0.39 is 5.82 Å². The summed E-state index contributed by atoms with van der Waals surface area (Å²) in [6, 6.07) is 7.63. The summed E-state index contributed by atoms with van der Waals surface area (Å²) in [7, 11) is 0. The third kappa shape index (κ3) is 4.04. The number of carbonyl (C=O) groups is 1. The molecule has 1 aliphatic heterocycles. The molecule has 1 saturated heterocycles. The molecule has 28 heavy (non-hydrogen) atoms. The summed E-state index contributed by atoms with van der Waals surface area (Å²) in [6.07, 6.45) is 1.78. The van der Waals surface area contributed by atoms with Gasteiger partial charge in [0.25, 0.3) is 5.91 Å². The van der Waals surface area contributed by atoms with E-state index in [0.29, 0.717) is 24.6 Å². The summed E-state index contributed by atoms with van der Waals surface area (Å²) in [5, 5.41) is 8.22. The number of rotatable bonds is 5. The van der Waals surface area contributed by atoms with Gasteiger partial charge in [0, 0.05) is 31.1 Å². The molecule has 1 fully saturated rings. The predicted molar refractivity (Wildman–Crippen MR) is 101 cm³/mol. The molecule has 2 aromatic heterocycles. The highest BCUT2D eigenvalue weighted by Crippen LogP contribution is 2.35. The second-order valence-corrected chi connectivity index (χ2v) is 7.50. The van der Waals surface area contributed by atoms with E-state index in [4.69, 9.17) is 9.26 Å². The Morgan fingerprint density at radius 3 is 3.11 bits per heavy atom. The van der Waals surface area contributed by atoms with Crippen LogP contribution in [-0.4, -0.2) is 45.2 Å². The first-order valence-corrected chi connectivity index (χ1v) is 9.79. The molecule has 3 heterocycles. The molecular formula is C19H19FN4O3S. The fraction of sp³-hybridized carbons (Fsp3) is 0.368. The molecule has 0 spiro atoms. The van der Waals surface area contributed by atoms with Crippen LogP contribution in [0.25, 0.3) is 10.6 Å². The van der Waals surface area contributed by atoms with Crippen LogP contribution in [0.2, 0.25) is 0 Å². The molecule has 7 nitrogen and oxygen atoms in total. The molecule has 1 aliphatic rings. The van der Waals surface area contributed by atoms with Gasteiger partial charge in [-0.05, 0) is 43.4 Å². The topological polar surface area (TPSA) is 81.4 Å². The van der Waals surface area contributed by atoms with Crippen LogP contribution in [0.15, 0.2) is 34.9 Å². The highest BCUT2D eigenvalue weighted by atomic mass is 32.1. The highest BCUT2D eigenvalue weighted by Gasteiger charge is 2.30. The first-order valence-electron chi connectivity index (χ1n) is 9.02. The van der Waals surface area contributed by atoms with Gasteiger partial charge in [0.05, 0.1) is 11.4 Å². The Balaban J connectivity index is 1.42. The molecule has 1 atom stereocenters. The lowest BCUT2D eigenvalue weighted by molar-refractivity contribution is -0.134. The van der Waals surface area contributed by atoms with Crippen LogP contribution in [-0.2, 0) is 4.79 Å². The van der Waals surface area contributed by atoms with Gasteiger partial charge in [-0.15, -0.1) is 5.10 Å². The number of piperidine rings is 1. The van der Waals surface area contributed by atoms with Crippen LogP contribution in [0.1, 0.15) is 30.1 Å².